The zero-order valence-corrected chi connectivity index (χ0v) is 19.4. The van der Waals surface area contributed by atoms with Crippen LogP contribution >= 0.6 is 11.8 Å². The van der Waals surface area contributed by atoms with Crippen molar-refractivity contribution < 1.29 is 9.90 Å². The number of phenolic OH excluding ortho intramolecular Hbond substituents is 1. The predicted molar refractivity (Wildman–Crippen MR) is 129 cm³/mol. The van der Waals surface area contributed by atoms with Gasteiger partial charge in [0.2, 0.25) is 5.91 Å². The number of phenols is 1. The summed E-state index contributed by atoms with van der Waals surface area (Å²) in [4.78, 5) is 17.5. The number of nitrogens with one attached hydrogen (secondary N) is 1. The molecular formula is C25H26N4O2S. The molecule has 0 aliphatic heterocycles. The van der Waals surface area contributed by atoms with E-state index in [0.29, 0.717) is 5.69 Å². The summed E-state index contributed by atoms with van der Waals surface area (Å²) in [6.07, 6.45) is 0. The molecule has 4 rings (SSSR count). The van der Waals surface area contributed by atoms with Gasteiger partial charge in [0.05, 0.1) is 17.1 Å². The number of benzene rings is 2. The molecule has 0 saturated heterocycles. The molecule has 0 bridgehead atoms. The van der Waals surface area contributed by atoms with Gasteiger partial charge in [-0.05, 0) is 42.8 Å². The molecule has 2 aromatic carbocycles. The summed E-state index contributed by atoms with van der Waals surface area (Å²) in [5.74, 6) is 0.257. The van der Waals surface area contributed by atoms with Crippen LogP contribution in [0.3, 0.4) is 0 Å². The number of fused-ring (bicyclic) bond motifs is 1. The van der Waals surface area contributed by atoms with Crippen LogP contribution in [-0.2, 0) is 10.2 Å². The van der Waals surface area contributed by atoms with Crippen molar-refractivity contribution >= 4 is 29.0 Å². The summed E-state index contributed by atoms with van der Waals surface area (Å²) in [5.41, 5.74) is 5.20. The van der Waals surface area contributed by atoms with Crippen molar-refractivity contribution in [1.82, 2.24) is 14.6 Å². The van der Waals surface area contributed by atoms with E-state index in [-0.39, 0.29) is 22.8 Å². The van der Waals surface area contributed by atoms with Crippen LogP contribution in [-0.4, -0.2) is 31.4 Å². The molecule has 7 heteroatoms. The molecule has 0 spiro atoms. The van der Waals surface area contributed by atoms with Gasteiger partial charge in [0.1, 0.15) is 10.8 Å². The molecule has 0 aliphatic carbocycles. The zero-order valence-electron chi connectivity index (χ0n) is 18.6. The quantitative estimate of drug-likeness (QED) is 0.242. The van der Waals surface area contributed by atoms with Gasteiger partial charge >= 0.3 is 0 Å². The van der Waals surface area contributed by atoms with E-state index in [1.54, 1.807) is 24.3 Å². The Morgan fingerprint density at radius 1 is 1.09 bits per heavy atom. The lowest BCUT2D eigenvalue weighted by molar-refractivity contribution is -0.113. The average Bonchev–Trinajstić information content (AvgIpc) is 3.09. The summed E-state index contributed by atoms with van der Waals surface area (Å²) in [6, 6.07) is 18.6. The molecule has 2 aromatic heterocycles. The van der Waals surface area contributed by atoms with Crippen molar-refractivity contribution in [2.24, 2.45) is 0 Å². The van der Waals surface area contributed by atoms with E-state index in [1.165, 1.54) is 11.8 Å². The van der Waals surface area contributed by atoms with Gasteiger partial charge in [0, 0.05) is 16.7 Å². The number of hydrogen-bond donors (Lipinski definition) is 2. The highest BCUT2D eigenvalue weighted by Crippen LogP contribution is 2.33. The molecule has 0 saturated carbocycles. The van der Waals surface area contributed by atoms with Crippen LogP contribution in [0, 0.1) is 6.92 Å². The minimum atomic E-state index is -0.155. The van der Waals surface area contributed by atoms with Crippen molar-refractivity contribution in [2.45, 2.75) is 38.1 Å². The molecule has 2 heterocycles. The largest absolute Gasteiger partial charge is 0.508 e. The van der Waals surface area contributed by atoms with E-state index < -0.39 is 0 Å². The van der Waals surface area contributed by atoms with Gasteiger partial charge in [-0.2, -0.15) is 5.10 Å². The van der Waals surface area contributed by atoms with Gasteiger partial charge in [-0.1, -0.05) is 62.9 Å². The normalized spacial score (nSPS) is 11.6. The lowest BCUT2D eigenvalue weighted by Gasteiger charge is -2.19. The van der Waals surface area contributed by atoms with Gasteiger partial charge in [-0.15, -0.1) is 0 Å². The highest BCUT2D eigenvalue weighted by atomic mass is 32.2. The third-order valence-electron chi connectivity index (χ3n) is 5.06. The zero-order chi connectivity index (χ0) is 22.9. The molecule has 4 aromatic rings. The maximum atomic E-state index is 12.5. The summed E-state index contributed by atoms with van der Waals surface area (Å²) in [5, 5.41) is 17.9. The Morgan fingerprint density at radius 2 is 1.78 bits per heavy atom. The number of aryl methyl sites for hydroxylation is 1. The lowest BCUT2D eigenvalue weighted by atomic mass is 9.92. The number of anilines is 1. The van der Waals surface area contributed by atoms with Crippen LogP contribution < -0.4 is 5.32 Å². The van der Waals surface area contributed by atoms with E-state index in [0.717, 1.165) is 33.2 Å². The number of thioether (sulfide) groups is 1. The standard InChI is InChI=1S/C25H26N4O2S/c1-16-23(17-8-6-5-7-9-17)24-27-20(25(2,3)4)14-22(29(24)28-16)32-15-21(31)26-18-10-12-19(30)13-11-18/h5-14,30H,15H2,1-4H3,(H,26,31). The molecule has 6 nitrogen and oxygen atoms in total. The number of rotatable bonds is 5. The van der Waals surface area contributed by atoms with Gasteiger partial charge < -0.3 is 10.4 Å². The molecule has 0 radical (unpaired) electrons. The number of nitrogens with zero attached hydrogens (tertiary/aromatic N) is 3. The van der Waals surface area contributed by atoms with Crippen molar-refractivity contribution in [3.05, 3.63) is 72.1 Å². The number of amides is 1. The fraction of sp³-hybridized carbons (Fsp3) is 0.240. The second kappa shape index (κ2) is 8.67. The maximum absolute atomic E-state index is 12.5. The van der Waals surface area contributed by atoms with E-state index in [4.69, 9.17) is 10.1 Å². The van der Waals surface area contributed by atoms with Crippen LogP contribution in [0.15, 0.2) is 65.7 Å². The molecule has 164 valence electrons. The third-order valence-corrected chi connectivity index (χ3v) is 6.06. The number of carbonyl (C=O) groups excluding carboxylic acids is 1. The van der Waals surface area contributed by atoms with Gasteiger partial charge in [0.15, 0.2) is 5.65 Å². The fourth-order valence-electron chi connectivity index (χ4n) is 3.41. The minimum Gasteiger partial charge on any atom is -0.508 e. The van der Waals surface area contributed by atoms with E-state index in [1.807, 2.05) is 35.7 Å². The highest BCUT2D eigenvalue weighted by molar-refractivity contribution is 7.99. The van der Waals surface area contributed by atoms with Crippen molar-refractivity contribution in [3.8, 4) is 16.9 Å². The van der Waals surface area contributed by atoms with Gasteiger partial charge in [0.25, 0.3) is 0 Å². The van der Waals surface area contributed by atoms with Crippen LogP contribution in [0.25, 0.3) is 16.8 Å². The molecular weight excluding hydrogens is 420 g/mol. The second-order valence-corrected chi connectivity index (χ2v) is 9.67. The second-order valence-electron chi connectivity index (χ2n) is 8.68. The van der Waals surface area contributed by atoms with Crippen molar-refractivity contribution in [3.63, 3.8) is 0 Å². The first-order chi connectivity index (χ1) is 15.2. The lowest BCUT2D eigenvalue weighted by Crippen LogP contribution is -2.17. The Morgan fingerprint density at radius 3 is 2.44 bits per heavy atom. The number of carbonyl (C=O) groups is 1. The first-order valence-electron chi connectivity index (χ1n) is 10.4. The SMILES string of the molecule is Cc1nn2c(SCC(=O)Nc3ccc(O)cc3)cc(C(C)(C)C)nc2c1-c1ccccc1. The average molecular weight is 447 g/mol. The Labute approximate surface area is 191 Å². The topological polar surface area (TPSA) is 79.5 Å². The Bertz CT molecular complexity index is 1260. The summed E-state index contributed by atoms with van der Waals surface area (Å²) >= 11 is 1.43. The van der Waals surface area contributed by atoms with E-state index in [2.05, 4.69) is 38.2 Å². The van der Waals surface area contributed by atoms with Gasteiger partial charge in [-0.25, -0.2) is 9.50 Å². The molecule has 0 atom stereocenters. The van der Waals surface area contributed by atoms with Crippen molar-refractivity contribution in [1.29, 1.82) is 0 Å². The number of aromatic hydroxyl groups is 1. The summed E-state index contributed by atoms with van der Waals surface area (Å²) in [6.45, 7) is 8.37. The molecule has 1 amide bonds. The van der Waals surface area contributed by atoms with Crippen LogP contribution in [0.5, 0.6) is 5.75 Å². The minimum absolute atomic E-state index is 0.130. The van der Waals surface area contributed by atoms with E-state index in [9.17, 15) is 9.90 Å². The molecule has 0 aliphatic rings. The molecule has 0 unspecified atom stereocenters. The predicted octanol–water partition coefficient (Wildman–Crippen LogP) is 5.44. The molecule has 32 heavy (non-hydrogen) atoms. The Hall–Kier alpha value is -3.32. The molecule has 0 fully saturated rings. The number of aromatic nitrogens is 3. The number of hydrogen-bond acceptors (Lipinski definition) is 5. The summed E-state index contributed by atoms with van der Waals surface area (Å²) in [7, 11) is 0. The van der Waals surface area contributed by atoms with Gasteiger partial charge in [-0.3, -0.25) is 4.79 Å². The van der Waals surface area contributed by atoms with Crippen molar-refractivity contribution in [2.75, 3.05) is 11.1 Å². The fourth-order valence-corrected chi connectivity index (χ4v) is 4.20. The third kappa shape index (κ3) is 4.62. The Balaban J connectivity index is 1.68. The highest BCUT2D eigenvalue weighted by Gasteiger charge is 2.22. The van der Waals surface area contributed by atoms with E-state index >= 15 is 0 Å². The Kier molecular flexibility index (Phi) is 5.93. The monoisotopic (exact) mass is 446 g/mol. The van der Waals surface area contributed by atoms with Crippen LogP contribution in [0.2, 0.25) is 0 Å². The first-order valence-corrected chi connectivity index (χ1v) is 11.4. The first kappa shape index (κ1) is 21.9. The maximum Gasteiger partial charge on any atom is 0.234 e. The molecule has 2 N–H and O–H groups in total. The smallest absolute Gasteiger partial charge is 0.234 e. The van der Waals surface area contributed by atoms with Crippen LogP contribution in [0.4, 0.5) is 5.69 Å². The van der Waals surface area contributed by atoms with Crippen LogP contribution in [0.1, 0.15) is 32.2 Å². The summed E-state index contributed by atoms with van der Waals surface area (Å²) < 4.78 is 1.84.